The average molecular weight is 549 g/mol. The normalized spacial score (nSPS) is 14.5. The molecule has 0 aromatic heterocycles. The van der Waals surface area contributed by atoms with Crippen LogP contribution >= 0.6 is 31.9 Å². The van der Waals surface area contributed by atoms with E-state index in [-0.39, 0.29) is 5.70 Å². The van der Waals surface area contributed by atoms with Crippen molar-refractivity contribution >= 4 is 61.5 Å². The molecule has 1 saturated heterocycles. The van der Waals surface area contributed by atoms with E-state index < -0.39 is 24.4 Å². The molecule has 0 atom stereocenters. The summed E-state index contributed by atoms with van der Waals surface area (Å²) in [7, 11) is 0. The van der Waals surface area contributed by atoms with Gasteiger partial charge in [0.05, 0.1) is 8.95 Å². The number of nitrogens with one attached hydrogen (secondary N) is 2. The number of amides is 4. The van der Waals surface area contributed by atoms with Crippen LogP contribution in [-0.4, -0.2) is 35.9 Å². The van der Waals surface area contributed by atoms with Gasteiger partial charge in [-0.1, -0.05) is 24.8 Å². The lowest BCUT2D eigenvalue weighted by Crippen LogP contribution is -2.38. The average Bonchev–Trinajstić information content (AvgIpc) is 2.95. The molecule has 1 fully saturated rings. The summed E-state index contributed by atoms with van der Waals surface area (Å²) in [6.07, 6.45) is 3.16. The third-order valence-electron chi connectivity index (χ3n) is 4.24. The number of urea groups is 1. The summed E-state index contributed by atoms with van der Waals surface area (Å²) in [5, 5.41) is 5.20. The minimum atomic E-state index is -0.653. The number of imide groups is 1. The van der Waals surface area contributed by atoms with Gasteiger partial charge in [0.1, 0.15) is 24.6 Å². The molecule has 0 saturated carbocycles. The van der Waals surface area contributed by atoms with E-state index >= 15 is 0 Å². The van der Waals surface area contributed by atoms with E-state index in [2.05, 4.69) is 49.1 Å². The van der Waals surface area contributed by atoms with Crippen molar-refractivity contribution in [2.24, 2.45) is 0 Å². The molecule has 0 radical (unpaired) electrons. The first-order valence-corrected chi connectivity index (χ1v) is 10.8. The zero-order valence-corrected chi connectivity index (χ0v) is 19.7. The van der Waals surface area contributed by atoms with Crippen LogP contribution in [-0.2, 0) is 9.59 Å². The van der Waals surface area contributed by atoms with Crippen molar-refractivity contribution in [2.75, 3.05) is 18.5 Å². The molecule has 31 heavy (non-hydrogen) atoms. The number of hydrogen-bond acceptors (Lipinski definition) is 4. The topological polar surface area (TPSA) is 87.7 Å². The lowest BCUT2D eigenvalue weighted by atomic mass is 10.2. The van der Waals surface area contributed by atoms with Crippen molar-refractivity contribution in [1.82, 2.24) is 10.2 Å². The highest BCUT2D eigenvalue weighted by Crippen LogP contribution is 2.35. The van der Waals surface area contributed by atoms with Crippen LogP contribution in [0.3, 0.4) is 0 Å². The van der Waals surface area contributed by atoms with Crippen molar-refractivity contribution in [3.05, 3.63) is 74.8 Å². The van der Waals surface area contributed by atoms with Crippen molar-refractivity contribution in [3.63, 3.8) is 0 Å². The fourth-order valence-corrected chi connectivity index (χ4v) is 4.34. The summed E-state index contributed by atoms with van der Waals surface area (Å²) < 4.78 is 6.91. The number of anilines is 1. The van der Waals surface area contributed by atoms with Crippen LogP contribution < -0.4 is 15.4 Å². The van der Waals surface area contributed by atoms with Crippen molar-refractivity contribution in [1.29, 1.82) is 0 Å². The maximum Gasteiger partial charge on any atom is 0.329 e. The molecule has 2 aromatic rings. The fourth-order valence-electron chi connectivity index (χ4n) is 2.89. The highest BCUT2D eigenvalue weighted by molar-refractivity contribution is 9.11. The molecule has 9 heteroatoms. The van der Waals surface area contributed by atoms with Crippen LogP contribution in [0.1, 0.15) is 11.1 Å². The van der Waals surface area contributed by atoms with E-state index in [9.17, 15) is 14.4 Å². The number of benzene rings is 2. The first-order chi connectivity index (χ1) is 14.8. The molecular weight excluding hydrogens is 530 g/mol. The Labute approximate surface area is 196 Å². The molecule has 1 aliphatic rings. The van der Waals surface area contributed by atoms with Gasteiger partial charge in [-0.15, -0.1) is 0 Å². The molecule has 0 aliphatic carbocycles. The van der Waals surface area contributed by atoms with E-state index in [0.717, 1.165) is 10.5 Å². The number of ether oxygens (including phenoxy) is 1. The van der Waals surface area contributed by atoms with E-state index in [0.29, 0.717) is 32.6 Å². The minimum absolute atomic E-state index is 0.0758. The van der Waals surface area contributed by atoms with Gasteiger partial charge in [0, 0.05) is 5.69 Å². The number of carbonyl (C=O) groups is 3. The summed E-state index contributed by atoms with van der Waals surface area (Å²) in [5.74, 6) is -0.452. The van der Waals surface area contributed by atoms with Gasteiger partial charge in [-0.2, -0.15) is 0 Å². The molecule has 0 spiro atoms. The van der Waals surface area contributed by atoms with E-state index in [1.54, 1.807) is 30.3 Å². The van der Waals surface area contributed by atoms with E-state index in [1.807, 2.05) is 19.1 Å². The van der Waals surface area contributed by atoms with Crippen LogP contribution in [0.5, 0.6) is 5.75 Å². The van der Waals surface area contributed by atoms with Crippen molar-refractivity contribution in [3.8, 4) is 5.75 Å². The predicted octanol–water partition coefficient (Wildman–Crippen LogP) is 4.62. The Morgan fingerprint density at radius 2 is 1.94 bits per heavy atom. The highest BCUT2D eigenvalue weighted by Gasteiger charge is 2.35. The summed E-state index contributed by atoms with van der Waals surface area (Å²) in [4.78, 5) is 38.1. The van der Waals surface area contributed by atoms with Gasteiger partial charge in [-0.25, -0.2) is 9.69 Å². The van der Waals surface area contributed by atoms with Gasteiger partial charge < -0.3 is 15.4 Å². The summed E-state index contributed by atoms with van der Waals surface area (Å²) in [5.41, 5.74) is 2.31. The molecule has 4 amide bonds. The Kier molecular flexibility index (Phi) is 7.29. The SMILES string of the molecule is C=CCOc1c(Br)cc(/C=C2\NC(=O)N(CC(=O)Nc3cccc(C)c3)C2=O)cc1Br. The minimum Gasteiger partial charge on any atom is -0.487 e. The standard InChI is InChI=1S/C22H19Br2N3O4/c1-3-7-31-20-16(23)9-14(10-17(20)24)11-18-21(29)27(22(30)26-18)12-19(28)25-15-6-4-5-13(2)8-15/h3-6,8-11H,1,7,12H2,2H3,(H,25,28)(H,26,30)/b18-11-. The number of aryl methyl sites for hydroxylation is 1. The first kappa shape index (κ1) is 22.8. The molecule has 0 bridgehead atoms. The van der Waals surface area contributed by atoms with E-state index in [1.165, 1.54) is 6.08 Å². The second-order valence-corrected chi connectivity index (χ2v) is 8.42. The Balaban J connectivity index is 1.73. The Morgan fingerprint density at radius 1 is 1.23 bits per heavy atom. The smallest absolute Gasteiger partial charge is 0.329 e. The van der Waals surface area contributed by atoms with Gasteiger partial charge in [-0.05, 0) is 80.3 Å². The molecule has 2 aromatic carbocycles. The van der Waals surface area contributed by atoms with Crippen LogP contribution in [0.2, 0.25) is 0 Å². The molecule has 1 heterocycles. The molecule has 2 N–H and O–H groups in total. The molecule has 7 nitrogen and oxygen atoms in total. The molecule has 0 unspecified atom stereocenters. The quantitative estimate of drug-likeness (QED) is 0.300. The van der Waals surface area contributed by atoms with Gasteiger partial charge in [-0.3, -0.25) is 9.59 Å². The Morgan fingerprint density at radius 3 is 2.58 bits per heavy atom. The van der Waals surface area contributed by atoms with Gasteiger partial charge in [0.25, 0.3) is 5.91 Å². The van der Waals surface area contributed by atoms with Crippen LogP contribution in [0.4, 0.5) is 10.5 Å². The molecular formula is C22H19Br2N3O4. The third-order valence-corrected chi connectivity index (χ3v) is 5.42. The highest BCUT2D eigenvalue weighted by atomic mass is 79.9. The second kappa shape index (κ2) is 9.93. The van der Waals surface area contributed by atoms with Gasteiger partial charge in [0.2, 0.25) is 5.91 Å². The zero-order valence-electron chi connectivity index (χ0n) is 16.6. The zero-order chi connectivity index (χ0) is 22.5. The Bertz CT molecular complexity index is 1070. The van der Waals surface area contributed by atoms with Gasteiger partial charge in [0.15, 0.2) is 0 Å². The number of halogens is 2. The summed E-state index contributed by atoms with van der Waals surface area (Å²) in [6.45, 7) is 5.46. The number of nitrogens with zero attached hydrogens (tertiary/aromatic N) is 1. The number of rotatable bonds is 7. The number of carbonyl (C=O) groups excluding carboxylic acids is 3. The summed E-state index contributed by atoms with van der Waals surface area (Å²) >= 11 is 6.86. The van der Waals surface area contributed by atoms with Crippen LogP contribution in [0.25, 0.3) is 6.08 Å². The monoisotopic (exact) mass is 547 g/mol. The lowest BCUT2D eigenvalue weighted by Gasteiger charge is -2.12. The summed E-state index contributed by atoms with van der Waals surface area (Å²) in [6, 6.07) is 10.1. The fraction of sp³-hybridized carbons (Fsp3) is 0.136. The third kappa shape index (κ3) is 5.62. The lowest BCUT2D eigenvalue weighted by molar-refractivity contribution is -0.127. The predicted molar refractivity (Wildman–Crippen MR) is 126 cm³/mol. The first-order valence-electron chi connectivity index (χ1n) is 9.22. The maximum atomic E-state index is 12.7. The second-order valence-electron chi connectivity index (χ2n) is 6.71. The van der Waals surface area contributed by atoms with Crippen molar-refractivity contribution < 1.29 is 19.1 Å². The molecule has 160 valence electrons. The maximum absolute atomic E-state index is 12.7. The van der Waals surface area contributed by atoms with Gasteiger partial charge >= 0.3 is 6.03 Å². The van der Waals surface area contributed by atoms with Crippen LogP contribution in [0, 0.1) is 6.92 Å². The molecule has 3 rings (SSSR count). The van der Waals surface area contributed by atoms with Crippen LogP contribution in [0.15, 0.2) is 63.7 Å². The van der Waals surface area contributed by atoms with Crippen molar-refractivity contribution in [2.45, 2.75) is 6.92 Å². The Hall–Kier alpha value is -2.91. The van der Waals surface area contributed by atoms with E-state index in [4.69, 9.17) is 4.74 Å². The number of hydrogen-bond donors (Lipinski definition) is 2. The molecule has 1 aliphatic heterocycles. The largest absolute Gasteiger partial charge is 0.487 e.